The molecule has 1 saturated carbocycles. The van der Waals surface area contributed by atoms with Crippen LogP contribution in [0.5, 0.6) is 0 Å². The van der Waals surface area contributed by atoms with Gasteiger partial charge in [-0.2, -0.15) is 0 Å². The molecule has 132 valence electrons. The van der Waals surface area contributed by atoms with Crippen molar-refractivity contribution in [1.82, 2.24) is 15.0 Å². The van der Waals surface area contributed by atoms with Gasteiger partial charge in [-0.15, -0.1) is 5.10 Å². The maximum absolute atomic E-state index is 13.5. The molecule has 0 saturated heterocycles. The number of benzene rings is 1. The van der Waals surface area contributed by atoms with Crippen molar-refractivity contribution in [1.29, 1.82) is 0 Å². The lowest BCUT2D eigenvalue weighted by atomic mass is 9.92. The molecule has 4 nitrogen and oxygen atoms in total. The third-order valence-corrected chi connectivity index (χ3v) is 4.90. The van der Waals surface area contributed by atoms with Gasteiger partial charge in [0.15, 0.2) is 0 Å². The molecule has 2 aromatic rings. The van der Waals surface area contributed by atoms with E-state index in [-0.39, 0.29) is 17.8 Å². The van der Waals surface area contributed by atoms with Crippen LogP contribution >= 0.6 is 0 Å². The van der Waals surface area contributed by atoms with Gasteiger partial charge in [0.25, 0.3) is 0 Å². The first kappa shape index (κ1) is 17.4. The number of halogens is 1. The highest BCUT2D eigenvalue weighted by atomic mass is 19.1. The number of rotatable bonds is 7. The average Bonchev–Trinajstić information content (AvgIpc) is 3.30. The summed E-state index contributed by atoms with van der Waals surface area (Å²) in [4.78, 5) is 0. The van der Waals surface area contributed by atoms with Crippen LogP contribution < -0.4 is 5.73 Å². The zero-order chi connectivity index (χ0) is 18.0. The summed E-state index contributed by atoms with van der Waals surface area (Å²) < 4.78 is 15.4. The van der Waals surface area contributed by atoms with E-state index in [0.29, 0.717) is 11.4 Å². The molecule has 3 rings (SSSR count). The van der Waals surface area contributed by atoms with Crippen LogP contribution in [0.4, 0.5) is 4.39 Å². The molecule has 0 radical (unpaired) electrons. The van der Waals surface area contributed by atoms with Gasteiger partial charge in [-0.1, -0.05) is 43.3 Å². The van der Waals surface area contributed by atoms with Gasteiger partial charge in [-0.25, -0.2) is 9.07 Å². The number of aromatic nitrogens is 3. The van der Waals surface area contributed by atoms with Gasteiger partial charge < -0.3 is 5.73 Å². The SMILES string of the molecule is C=C(N)[C@@H](C)C[C@@H](C(CC)=C1CC1)n1cc(-c2cccc(F)c2)nn1. The zero-order valence-electron chi connectivity index (χ0n) is 14.9. The summed E-state index contributed by atoms with van der Waals surface area (Å²) in [5, 5.41) is 8.62. The highest BCUT2D eigenvalue weighted by molar-refractivity contribution is 5.57. The van der Waals surface area contributed by atoms with Gasteiger partial charge in [0.1, 0.15) is 11.5 Å². The van der Waals surface area contributed by atoms with E-state index < -0.39 is 0 Å². The zero-order valence-corrected chi connectivity index (χ0v) is 14.9. The van der Waals surface area contributed by atoms with Crippen molar-refractivity contribution < 1.29 is 4.39 Å². The van der Waals surface area contributed by atoms with Crippen molar-refractivity contribution in [3.8, 4) is 11.3 Å². The smallest absolute Gasteiger partial charge is 0.123 e. The summed E-state index contributed by atoms with van der Waals surface area (Å²) >= 11 is 0. The second-order valence-corrected chi connectivity index (χ2v) is 6.80. The van der Waals surface area contributed by atoms with Crippen LogP contribution in [-0.2, 0) is 0 Å². The van der Waals surface area contributed by atoms with E-state index in [9.17, 15) is 4.39 Å². The second-order valence-electron chi connectivity index (χ2n) is 6.80. The van der Waals surface area contributed by atoms with E-state index >= 15 is 0 Å². The first-order valence-corrected chi connectivity index (χ1v) is 8.82. The van der Waals surface area contributed by atoms with Crippen molar-refractivity contribution in [3.05, 3.63) is 59.7 Å². The Morgan fingerprint density at radius 1 is 1.40 bits per heavy atom. The van der Waals surface area contributed by atoms with Gasteiger partial charge in [-0.3, -0.25) is 0 Å². The Labute approximate surface area is 148 Å². The van der Waals surface area contributed by atoms with Gasteiger partial charge in [-0.05, 0) is 49.3 Å². The maximum Gasteiger partial charge on any atom is 0.123 e. The van der Waals surface area contributed by atoms with Crippen molar-refractivity contribution in [3.63, 3.8) is 0 Å². The van der Waals surface area contributed by atoms with E-state index in [0.717, 1.165) is 18.4 Å². The Kier molecular flexibility index (Phi) is 5.02. The maximum atomic E-state index is 13.5. The summed E-state index contributed by atoms with van der Waals surface area (Å²) in [7, 11) is 0. The fraction of sp³-hybridized carbons (Fsp3) is 0.400. The molecule has 1 aliphatic carbocycles. The Hall–Kier alpha value is -2.43. The molecule has 1 heterocycles. The largest absolute Gasteiger partial charge is 0.402 e. The van der Waals surface area contributed by atoms with Crippen molar-refractivity contribution >= 4 is 0 Å². The van der Waals surface area contributed by atoms with Crippen LogP contribution in [0.3, 0.4) is 0 Å². The molecule has 0 unspecified atom stereocenters. The molecule has 0 amide bonds. The van der Waals surface area contributed by atoms with Crippen LogP contribution in [0.2, 0.25) is 0 Å². The van der Waals surface area contributed by atoms with Crippen LogP contribution in [0, 0.1) is 11.7 Å². The lowest BCUT2D eigenvalue weighted by Gasteiger charge is -2.23. The standard InChI is InChI=1S/C20H25FN4/c1-4-18(15-8-9-15)20(10-13(2)14(3)22)25-12-19(23-24-25)16-6-5-7-17(21)11-16/h5-7,11-13,20H,3-4,8-10,22H2,1-2H3/t13-,20-/m0/s1. The third kappa shape index (κ3) is 3.98. The fourth-order valence-electron chi connectivity index (χ4n) is 3.21. The summed E-state index contributed by atoms with van der Waals surface area (Å²) in [5.41, 5.74) is 11.0. The number of nitrogens with two attached hydrogens (primary N) is 1. The summed E-state index contributed by atoms with van der Waals surface area (Å²) in [5.74, 6) is -0.0845. The third-order valence-electron chi connectivity index (χ3n) is 4.90. The highest BCUT2D eigenvalue weighted by Crippen LogP contribution is 2.40. The second kappa shape index (κ2) is 7.21. The quantitative estimate of drug-likeness (QED) is 0.748. The summed E-state index contributed by atoms with van der Waals surface area (Å²) in [6, 6.07) is 6.56. The molecular weight excluding hydrogens is 315 g/mol. The number of nitrogens with zero attached hydrogens (tertiary/aromatic N) is 3. The number of hydrogen-bond donors (Lipinski definition) is 1. The number of allylic oxidation sites excluding steroid dienone is 3. The fourth-order valence-corrected chi connectivity index (χ4v) is 3.21. The molecule has 0 spiro atoms. The lowest BCUT2D eigenvalue weighted by Crippen LogP contribution is -2.19. The van der Waals surface area contributed by atoms with Gasteiger partial charge >= 0.3 is 0 Å². The van der Waals surface area contributed by atoms with Crippen LogP contribution in [-0.4, -0.2) is 15.0 Å². The molecule has 1 aliphatic rings. The molecule has 5 heteroatoms. The Morgan fingerprint density at radius 2 is 2.16 bits per heavy atom. The van der Waals surface area contributed by atoms with E-state index in [1.807, 2.05) is 16.9 Å². The van der Waals surface area contributed by atoms with E-state index in [2.05, 4.69) is 30.7 Å². The summed E-state index contributed by atoms with van der Waals surface area (Å²) in [6.07, 6.45) is 6.07. The van der Waals surface area contributed by atoms with Crippen LogP contribution in [0.15, 0.2) is 53.9 Å². The monoisotopic (exact) mass is 340 g/mol. The molecule has 1 fully saturated rings. The summed E-state index contributed by atoms with van der Waals surface area (Å²) in [6.45, 7) is 8.15. The molecule has 0 aliphatic heterocycles. The van der Waals surface area contributed by atoms with Gasteiger partial charge in [0, 0.05) is 11.3 Å². The first-order chi connectivity index (χ1) is 12.0. The van der Waals surface area contributed by atoms with Gasteiger partial charge in [0.2, 0.25) is 0 Å². The van der Waals surface area contributed by atoms with Gasteiger partial charge in [0.05, 0.1) is 12.2 Å². The van der Waals surface area contributed by atoms with E-state index in [1.54, 1.807) is 6.07 Å². The molecule has 1 aromatic carbocycles. The van der Waals surface area contributed by atoms with E-state index in [1.165, 1.54) is 36.1 Å². The lowest BCUT2D eigenvalue weighted by molar-refractivity contribution is 0.409. The molecular formula is C20H25FN4. The molecule has 25 heavy (non-hydrogen) atoms. The Bertz CT molecular complexity index is 800. The van der Waals surface area contributed by atoms with Crippen LogP contribution in [0.25, 0.3) is 11.3 Å². The Balaban J connectivity index is 1.94. The average molecular weight is 340 g/mol. The molecule has 2 atom stereocenters. The minimum absolute atomic E-state index is 0.118. The molecule has 0 bridgehead atoms. The minimum Gasteiger partial charge on any atom is -0.402 e. The normalized spacial score (nSPS) is 15.7. The first-order valence-electron chi connectivity index (χ1n) is 8.82. The topological polar surface area (TPSA) is 56.7 Å². The van der Waals surface area contributed by atoms with Crippen molar-refractivity contribution in [2.75, 3.05) is 0 Å². The highest BCUT2D eigenvalue weighted by Gasteiger charge is 2.27. The Morgan fingerprint density at radius 3 is 2.76 bits per heavy atom. The van der Waals surface area contributed by atoms with Crippen LogP contribution in [0.1, 0.15) is 45.6 Å². The predicted molar refractivity (Wildman–Crippen MR) is 98.1 cm³/mol. The van der Waals surface area contributed by atoms with Crippen molar-refractivity contribution in [2.45, 2.75) is 45.6 Å². The molecule has 2 N–H and O–H groups in total. The minimum atomic E-state index is -0.272. The number of hydrogen-bond acceptors (Lipinski definition) is 3. The van der Waals surface area contributed by atoms with Crippen molar-refractivity contribution in [2.24, 2.45) is 11.7 Å². The molecule has 1 aromatic heterocycles. The van der Waals surface area contributed by atoms with E-state index in [4.69, 9.17) is 5.73 Å². The predicted octanol–water partition coefficient (Wildman–Crippen LogP) is 4.62.